The minimum absolute atomic E-state index is 0. The molecule has 0 saturated carbocycles. The molecule has 2 nitrogen and oxygen atoms in total. The predicted molar refractivity (Wildman–Crippen MR) is 123 cm³/mol. The van der Waals surface area contributed by atoms with Gasteiger partial charge in [0.2, 0.25) is 0 Å². The number of pyridine rings is 2. The first-order chi connectivity index (χ1) is 13.8. The highest BCUT2D eigenvalue weighted by Gasteiger charge is 2.06. The molecule has 0 aromatic carbocycles. The number of nitrogens with zero attached hydrogens (tertiary/aromatic N) is 2. The number of hydrogen-bond acceptors (Lipinski definition) is 0. The van der Waals surface area contributed by atoms with Crippen LogP contribution in [-0.4, -0.2) is 5.33 Å². The van der Waals surface area contributed by atoms with Crippen LogP contribution in [0.15, 0.2) is 49.1 Å². The smallest absolute Gasteiger partial charge is 0.169 e. The van der Waals surface area contributed by atoms with Crippen molar-refractivity contribution in [1.29, 1.82) is 0 Å². The van der Waals surface area contributed by atoms with Gasteiger partial charge in [-0.15, -0.1) is 0 Å². The lowest BCUT2D eigenvalue weighted by molar-refractivity contribution is -0.697. The van der Waals surface area contributed by atoms with E-state index in [0.717, 1.165) is 18.4 Å². The number of halogens is 3. The Labute approximate surface area is 214 Å². The zero-order chi connectivity index (χ0) is 19.9. The monoisotopic (exact) mass is 604 g/mol. The molecule has 30 heavy (non-hydrogen) atoms. The number of aryl methyl sites for hydroxylation is 2. The van der Waals surface area contributed by atoms with E-state index in [-0.39, 0.29) is 34.0 Å². The number of unbranched alkanes of at least 4 members (excludes halogenated alkanes) is 9. The van der Waals surface area contributed by atoms with E-state index < -0.39 is 0 Å². The van der Waals surface area contributed by atoms with Crippen LogP contribution < -0.4 is 43.1 Å². The first kappa shape index (κ1) is 29.7. The molecule has 2 heterocycles. The van der Waals surface area contributed by atoms with Crippen molar-refractivity contribution in [3.8, 4) is 11.1 Å². The zero-order valence-corrected chi connectivity index (χ0v) is 23.3. The Morgan fingerprint density at radius 1 is 0.567 bits per heavy atom. The van der Waals surface area contributed by atoms with Gasteiger partial charge in [0.15, 0.2) is 24.8 Å². The third kappa shape index (κ3) is 12.6. The Morgan fingerprint density at radius 3 is 1.33 bits per heavy atom. The molecule has 5 heteroatoms. The largest absolute Gasteiger partial charge is 1.00 e. The summed E-state index contributed by atoms with van der Waals surface area (Å²) < 4.78 is 4.62. The molecule has 0 aliphatic heterocycles. The van der Waals surface area contributed by atoms with Crippen molar-refractivity contribution in [2.45, 2.75) is 90.6 Å². The molecule has 2 aromatic heterocycles. The molecule has 0 atom stereocenters. The molecule has 0 saturated heterocycles. The summed E-state index contributed by atoms with van der Waals surface area (Å²) in [5, 5.41) is 1.11. The molecule has 0 fully saturated rings. The lowest BCUT2D eigenvalue weighted by atomic mass is 10.1. The molecule has 0 radical (unpaired) electrons. The predicted octanol–water partition coefficient (Wildman–Crippen LogP) is 0.643. The van der Waals surface area contributed by atoms with Crippen LogP contribution in [0, 0.1) is 0 Å². The Kier molecular flexibility index (Phi) is 19.3. The molecular weight excluding hydrogens is 568 g/mol. The van der Waals surface area contributed by atoms with Crippen molar-refractivity contribution in [3.05, 3.63) is 49.1 Å². The zero-order valence-electron chi connectivity index (χ0n) is 18.5. The van der Waals surface area contributed by atoms with Gasteiger partial charge in [-0.25, -0.2) is 9.13 Å². The van der Waals surface area contributed by atoms with E-state index in [1.54, 1.807) is 0 Å². The van der Waals surface area contributed by atoms with Gasteiger partial charge in [-0.1, -0.05) is 61.4 Å². The van der Waals surface area contributed by atoms with Gasteiger partial charge in [-0.3, -0.25) is 0 Å². The second-order valence-electron chi connectivity index (χ2n) is 7.87. The third-order valence-corrected chi connectivity index (χ3v) is 6.00. The molecule has 0 amide bonds. The third-order valence-electron chi connectivity index (χ3n) is 5.44. The number of alkyl halides is 1. The molecule has 0 N–H and O–H groups in total. The van der Waals surface area contributed by atoms with E-state index in [4.69, 9.17) is 0 Å². The van der Waals surface area contributed by atoms with Crippen LogP contribution in [0.3, 0.4) is 0 Å². The van der Waals surface area contributed by atoms with Crippen molar-refractivity contribution in [3.63, 3.8) is 0 Å². The van der Waals surface area contributed by atoms with Crippen LogP contribution in [-0.2, 0) is 13.1 Å². The summed E-state index contributed by atoms with van der Waals surface area (Å²) in [7, 11) is 0. The molecule has 2 aromatic rings. The first-order valence-electron chi connectivity index (χ1n) is 11.4. The summed E-state index contributed by atoms with van der Waals surface area (Å²) in [4.78, 5) is 0. The minimum atomic E-state index is 0. The fraction of sp³-hybridized carbons (Fsp3) is 0.600. The van der Waals surface area contributed by atoms with Gasteiger partial charge in [-0.2, -0.15) is 0 Å². The van der Waals surface area contributed by atoms with Crippen LogP contribution in [0.4, 0.5) is 0 Å². The van der Waals surface area contributed by atoms with Gasteiger partial charge in [-0.05, 0) is 30.4 Å². The highest BCUT2D eigenvalue weighted by atomic mass is 79.9. The van der Waals surface area contributed by atoms with E-state index in [1.165, 1.54) is 81.8 Å². The average Bonchev–Trinajstić information content (AvgIpc) is 2.74. The van der Waals surface area contributed by atoms with Crippen molar-refractivity contribution in [1.82, 2.24) is 0 Å². The Bertz CT molecular complexity index is 630. The molecule has 0 aliphatic carbocycles. The molecule has 0 unspecified atom stereocenters. The summed E-state index contributed by atoms with van der Waals surface area (Å²) in [5.41, 5.74) is 2.61. The maximum atomic E-state index is 3.50. The molecular formula is C25H39Br3N2. The van der Waals surface area contributed by atoms with E-state index in [1.807, 2.05) is 0 Å². The second kappa shape index (κ2) is 19.4. The Balaban J connectivity index is 0.00000420. The van der Waals surface area contributed by atoms with Crippen LogP contribution in [0.25, 0.3) is 11.1 Å². The fourth-order valence-electron chi connectivity index (χ4n) is 3.59. The van der Waals surface area contributed by atoms with Crippen molar-refractivity contribution in [2.75, 3.05) is 5.33 Å². The van der Waals surface area contributed by atoms with E-state index in [0.29, 0.717) is 0 Å². The number of hydrogen-bond donors (Lipinski definition) is 0. The van der Waals surface area contributed by atoms with Gasteiger partial charge in [0.05, 0.1) is 0 Å². The highest BCUT2D eigenvalue weighted by Crippen LogP contribution is 2.16. The number of rotatable bonds is 15. The fourth-order valence-corrected chi connectivity index (χ4v) is 3.99. The molecule has 0 spiro atoms. The summed E-state index contributed by atoms with van der Waals surface area (Å²) in [6.45, 7) is 4.53. The van der Waals surface area contributed by atoms with E-state index >= 15 is 0 Å². The number of aromatic nitrogens is 2. The lowest BCUT2D eigenvalue weighted by Gasteiger charge is -2.02. The van der Waals surface area contributed by atoms with Gasteiger partial charge >= 0.3 is 0 Å². The SMILES string of the molecule is CCCCCCCCCC[n+]1ccc(-c2cc[n+](CCCCCBr)cc2)cc1.[Br-].[Br-]. The van der Waals surface area contributed by atoms with Gasteiger partial charge in [0, 0.05) is 42.4 Å². The van der Waals surface area contributed by atoms with E-state index in [2.05, 4.69) is 81.0 Å². The Morgan fingerprint density at radius 2 is 0.933 bits per heavy atom. The van der Waals surface area contributed by atoms with Crippen LogP contribution in [0.1, 0.15) is 77.6 Å². The highest BCUT2D eigenvalue weighted by molar-refractivity contribution is 9.09. The van der Waals surface area contributed by atoms with Crippen molar-refractivity contribution >= 4 is 15.9 Å². The lowest BCUT2D eigenvalue weighted by Crippen LogP contribution is -3.00. The normalized spacial score (nSPS) is 10.3. The standard InChI is InChI=1S/C25H39BrN2.2BrH/c1-2-3-4-5-6-7-8-11-18-27-20-13-24(14-21-27)25-15-22-28(23-16-25)19-12-9-10-17-26;;/h13-16,20-23H,2-12,17-19H2,1H3;2*1H/q+2;;/p-2. The van der Waals surface area contributed by atoms with Crippen molar-refractivity contribution < 1.29 is 43.1 Å². The van der Waals surface area contributed by atoms with Gasteiger partial charge in [0.1, 0.15) is 13.1 Å². The Hall–Kier alpha value is -0.260. The molecule has 2 rings (SSSR count). The summed E-state index contributed by atoms with van der Waals surface area (Å²) in [5.74, 6) is 0. The molecule has 0 bridgehead atoms. The van der Waals surface area contributed by atoms with Crippen LogP contribution >= 0.6 is 15.9 Å². The quantitative estimate of drug-likeness (QED) is 0.160. The van der Waals surface area contributed by atoms with Crippen molar-refractivity contribution in [2.24, 2.45) is 0 Å². The first-order valence-corrected chi connectivity index (χ1v) is 12.5. The molecule has 170 valence electrons. The topological polar surface area (TPSA) is 7.76 Å². The summed E-state index contributed by atoms with van der Waals surface area (Å²) in [6.07, 6.45) is 23.7. The summed E-state index contributed by atoms with van der Waals surface area (Å²) in [6, 6.07) is 8.98. The average molecular weight is 607 g/mol. The minimum Gasteiger partial charge on any atom is -1.00 e. The summed E-state index contributed by atoms with van der Waals surface area (Å²) >= 11 is 3.50. The van der Waals surface area contributed by atoms with Gasteiger partial charge < -0.3 is 34.0 Å². The van der Waals surface area contributed by atoms with E-state index in [9.17, 15) is 0 Å². The van der Waals surface area contributed by atoms with Crippen LogP contribution in [0.5, 0.6) is 0 Å². The maximum Gasteiger partial charge on any atom is 0.169 e. The van der Waals surface area contributed by atoms with Crippen LogP contribution in [0.2, 0.25) is 0 Å². The molecule has 0 aliphatic rings. The maximum absolute atomic E-state index is 3.50. The van der Waals surface area contributed by atoms with Gasteiger partial charge in [0.25, 0.3) is 0 Å². The second-order valence-corrected chi connectivity index (χ2v) is 8.67.